The molecule has 17 heavy (non-hydrogen) atoms. The zero-order valence-corrected chi connectivity index (χ0v) is 9.73. The monoisotopic (exact) mass is 235 g/mol. The Balaban J connectivity index is 2.32. The topological polar surface area (TPSA) is 61.4 Å². The van der Waals surface area contributed by atoms with E-state index in [2.05, 4.69) is 0 Å². The Morgan fingerprint density at radius 1 is 1.47 bits per heavy atom. The number of ether oxygens (including phenoxy) is 1. The van der Waals surface area contributed by atoms with Crippen LogP contribution in [0.2, 0.25) is 0 Å². The summed E-state index contributed by atoms with van der Waals surface area (Å²) in [4.78, 5) is 22.6. The fourth-order valence-corrected chi connectivity index (χ4v) is 1.67. The molecule has 5 heteroatoms. The molecule has 0 aliphatic rings. The Hall–Kier alpha value is -2.04. The van der Waals surface area contributed by atoms with Gasteiger partial charge in [-0.1, -0.05) is 6.07 Å². The summed E-state index contributed by atoms with van der Waals surface area (Å²) in [6.07, 6.45) is 0.183. The number of carbonyl (C=O) groups excluding carboxylic acids is 1. The van der Waals surface area contributed by atoms with E-state index in [1.165, 1.54) is 4.57 Å². The number of rotatable bonds is 3. The van der Waals surface area contributed by atoms with Crippen LogP contribution in [0.15, 0.2) is 27.4 Å². The van der Waals surface area contributed by atoms with Gasteiger partial charge in [0.1, 0.15) is 0 Å². The molecule has 5 nitrogen and oxygen atoms in total. The molecule has 0 aliphatic carbocycles. The number of hydrogen-bond donors (Lipinski definition) is 0. The number of aromatic nitrogens is 1. The first-order valence-corrected chi connectivity index (χ1v) is 5.36. The van der Waals surface area contributed by atoms with Gasteiger partial charge in [-0.25, -0.2) is 4.79 Å². The van der Waals surface area contributed by atoms with E-state index in [1.807, 2.05) is 0 Å². The first kappa shape index (κ1) is 11.4. The molecule has 0 fully saturated rings. The molecule has 0 saturated heterocycles. The van der Waals surface area contributed by atoms with Gasteiger partial charge >= 0.3 is 11.7 Å². The quantitative estimate of drug-likeness (QED) is 0.751. The third kappa shape index (κ3) is 2.22. The van der Waals surface area contributed by atoms with E-state index < -0.39 is 5.76 Å². The molecular weight excluding hydrogens is 222 g/mol. The fourth-order valence-electron chi connectivity index (χ4n) is 1.67. The molecule has 2 aromatic rings. The van der Waals surface area contributed by atoms with Crippen LogP contribution in [-0.2, 0) is 23.0 Å². The molecule has 0 radical (unpaired) electrons. The first-order valence-electron chi connectivity index (χ1n) is 5.36. The zero-order valence-electron chi connectivity index (χ0n) is 9.73. The Kier molecular flexibility index (Phi) is 2.99. The number of hydrogen-bond acceptors (Lipinski definition) is 4. The summed E-state index contributed by atoms with van der Waals surface area (Å²) in [5.74, 6) is -0.696. The maximum Gasteiger partial charge on any atom is 0.419 e. The van der Waals surface area contributed by atoms with Crippen molar-refractivity contribution in [3.63, 3.8) is 0 Å². The molecule has 0 amide bonds. The maximum atomic E-state index is 11.3. The lowest BCUT2D eigenvalue weighted by Gasteiger charge is -2.01. The smallest absolute Gasteiger partial charge is 0.419 e. The van der Waals surface area contributed by atoms with Gasteiger partial charge in [0.25, 0.3) is 0 Å². The minimum Gasteiger partial charge on any atom is -0.466 e. The number of nitrogens with zero attached hydrogens (tertiary/aromatic N) is 1. The van der Waals surface area contributed by atoms with Crippen molar-refractivity contribution in [2.75, 3.05) is 6.61 Å². The number of benzene rings is 1. The Morgan fingerprint density at radius 3 is 2.94 bits per heavy atom. The summed E-state index contributed by atoms with van der Waals surface area (Å²) in [7, 11) is 1.64. The van der Waals surface area contributed by atoms with Crippen LogP contribution in [0.1, 0.15) is 12.5 Å². The second kappa shape index (κ2) is 4.45. The molecule has 2 rings (SSSR count). The minimum absolute atomic E-state index is 0.183. The van der Waals surface area contributed by atoms with Gasteiger partial charge in [0.2, 0.25) is 0 Å². The molecule has 0 unspecified atom stereocenters. The van der Waals surface area contributed by atoms with Crippen molar-refractivity contribution < 1.29 is 13.9 Å². The molecular formula is C12H13NO4. The highest BCUT2D eigenvalue weighted by molar-refractivity contribution is 5.77. The van der Waals surface area contributed by atoms with Crippen molar-refractivity contribution in [1.29, 1.82) is 0 Å². The average molecular weight is 235 g/mol. The molecule has 0 N–H and O–H groups in total. The summed E-state index contributed by atoms with van der Waals surface area (Å²) in [5, 5.41) is 0. The van der Waals surface area contributed by atoms with Crippen molar-refractivity contribution in [2.24, 2.45) is 7.05 Å². The fraction of sp³-hybridized carbons (Fsp3) is 0.333. The van der Waals surface area contributed by atoms with Crippen molar-refractivity contribution in [2.45, 2.75) is 13.3 Å². The molecule has 1 heterocycles. The first-order chi connectivity index (χ1) is 8.11. The van der Waals surface area contributed by atoms with Gasteiger partial charge in [0, 0.05) is 7.05 Å². The van der Waals surface area contributed by atoms with Crippen LogP contribution >= 0.6 is 0 Å². The van der Waals surface area contributed by atoms with E-state index in [4.69, 9.17) is 9.15 Å². The number of esters is 1. The average Bonchev–Trinajstić information content (AvgIpc) is 2.55. The Bertz CT molecular complexity index is 608. The van der Waals surface area contributed by atoms with Crippen LogP contribution in [0.25, 0.3) is 11.1 Å². The van der Waals surface area contributed by atoms with Gasteiger partial charge in [0.05, 0.1) is 18.5 Å². The van der Waals surface area contributed by atoms with Crippen molar-refractivity contribution in [1.82, 2.24) is 4.57 Å². The second-order valence-electron chi connectivity index (χ2n) is 3.71. The number of fused-ring (bicyclic) bond motifs is 1. The SMILES string of the molecule is CCOC(=O)Cc1ccc2c(c1)oc(=O)n2C. The molecule has 0 aliphatic heterocycles. The highest BCUT2D eigenvalue weighted by atomic mass is 16.5. The Labute approximate surface area is 97.6 Å². The van der Waals surface area contributed by atoms with Crippen LogP contribution in [0.5, 0.6) is 0 Å². The summed E-state index contributed by atoms with van der Waals surface area (Å²) in [6, 6.07) is 5.23. The van der Waals surface area contributed by atoms with Crippen molar-refractivity contribution >= 4 is 17.1 Å². The third-order valence-corrected chi connectivity index (χ3v) is 2.51. The van der Waals surface area contributed by atoms with Crippen LogP contribution in [0.3, 0.4) is 0 Å². The van der Waals surface area contributed by atoms with E-state index in [1.54, 1.807) is 32.2 Å². The van der Waals surface area contributed by atoms with E-state index in [-0.39, 0.29) is 12.4 Å². The lowest BCUT2D eigenvalue weighted by atomic mass is 10.1. The van der Waals surface area contributed by atoms with Crippen molar-refractivity contribution in [3.8, 4) is 0 Å². The third-order valence-electron chi connectivity index (χ3n) is 2.51. The standard InChI is InChI=1S/C12H13NO4/c1-3-16-11(14)7-8-4-5-9-10(6-8)17-12(15)13(9)2/h4-6H,3,7H2,1-2H3. The lowest BCUT2D eigenvalue weighted by Crippen LogP contribution is -2.08. The highest BCUT2D eigenvalue weighted by Crippen LogP contribution is 2.14. The van der Waals surface area contributed by atoms with Crippen molar-refractivity contribution in [3.05, 3.63) is 34.3 Å². The van der Waals surface area contributed by atoms with Gasteiger partial charge in [-0.3, -0.25) is 9.36 Å². The Morgan fingerprint density at radius 2 is 2.24 bits per heavy atom. The number of carbonyl (C=O) groups is 1. The summed E-state index contributed by atoms with van der Waals surface area (Å²) in [5.41, 5.74) is 1.97. The number of aryl methyl sites for hydroxylation is 1. The molecule has 0 bridgehead atoms. The summed E-state index contributed by atoms with van der Waals surface area (Å²) < 4.78 is 11.3. The largest absolute Gasteiger partial charge is 0.466 e. The predicted molar refractivity (Wildman–Crippen MR) is 61.8 cm³/mol. The lowest BCUT2D eigenvalue weighted by molar-refractivity contribution is -0.142. The normalized spacial score (nSPS) is 10.7. The molecule has 0 saturated carbocycles. The van der Waals surface area contributed by atoms with Crippen LogP contribution in [-0.4, -0.2) is 17.1 Å². The zero-order chi connectivity index (χ0) is 12.4. The number of oxazole rings is 1. The van der Waals surface area contributed by atoms with Gasteiger partial charge in [-0.05, 0) is 24.6 Å². The van der Waals surface area contributed by atoms with Gasteiger partial charge in [-0.2, -0.15) is 0 Å². The molecule has 0 atom stereocenters. The second-order valence-corrected chi connectivity index (χ2v) is 3.71. The van der Waals surface area contributed by atoms with E-state index in [9.17, 15) is 9.59 Å². The summed E-state index contributed by atoms with van der Waals surface area (Å²) in [6.45, 7) is 2.12. The van der Waals surface area contributed by atoms with Crippen LogP contribution in [0.4, 0.5) is 0 Å². The van der Waals surface area contributed by atoms with Crippen LogP contribution in [0, 0.1) is 0 Å². The molecule has 90 valence electrons. The molecule has 1 aromatic heterocycles. The van der Waals surface area contributed by atoms with Gasteiger partial charge in [-0.15, -0.1) is 0 Å². The minimum atomic E-state index is -0.409. The van der Waals surface area contributed by atoms with E-state index >= 15 is 0 Å². The van der Waals surface area contributed by atoms with Gasteiger partial charge < -0.3 is 9.15 Å². The predicted octanol–water partition coefficient (Wildman–Crippen LogP) is 1.24. The highest BCUT2D eigenvalue weighted by Gasteiger charge is 2.09. The van der Waals surface area contributed by atoms with E-state index in [0.29, 0.717) is 17.7 Å². The summed E-state index contributed by atoms with van der Waals surface area (Å²) >= 11 is 0. The maximum absolute atomic E-state index is 11.3. The van der Waals surface area contributed by atoms with E-state index in [0.717, 1.165) is 5.56 Å². The van der Waals surface area contributed by atoms with Crippen LogP contribution < -0.4 is 5.76 Å². The molecule has 1 aromatic carbocycles. The molecule has 0 spiro atoms. The van der Waals surface area contributed by atoms with Gasteiger partial charge in [0.15, 0.2) is 5.58 Å².